The summed E-state index contributed by atoms with van der Waals surface area (Å²) in [6, 6.07) is 14.9. The highest BCUT2D eigenvalue weighted by Crippen LogP contribution is 2.66. The van der Waals surface area contributed by atoms with Gasteiger partial charge in [-0.2, -0.15) is 13.9 Å². The van der Waals surface area contributed by atoms with Gasteiger partial charge in [0.25, 0.3) is 0 Å². The fourth-order valence-electron chi connectivity index (χ4n) is 4.06. The molecule has 3 aromatic rings. The molecule has 1 saturated heterocycles. The number of aromatic nitrogens is 1. The zero-order valence-electron chi connectivity index (χ0n) is 18.7. The first-order valence-corrected chi connectivity index (χ1v) is 15.0. The molecule has 1 fully saturated rings. The number of para-hydroxylation sites is 1. The molecule has 14 nitrogen and oxygen atoms in total. The van der Waals surface area contributed by atoms with Crippen molar-refractivity contribution in [2.24, 2.45) is 0 Å². The molecule has 0 amide bonds. The average Bonchev–Trinajstić information content (AvgIpc) is 3.30. The van der Waals surface area contributed by atoms with Gasteiger partial charge in [0, 0.05) is 23.3 Å². The van der Waals surface area contributed by atoms with E-state index in [0.717, 1.165) is 27.4 Å². The molecule has 1 aliphatic rings. The summed E-state index contributed by atoms with van der Waals surface area (Å²) < 4.78 is 54.0. The minimum absolute atomic E-state index is 0.0638. The largest absolute Gasteiger partial charge is 0.490 e. The second kappa shape index (κ2) is 10.5. The van der Waals surface area contributed by atoms with Crippen LogP contribution in [0.4, 0.5) is 0 Å². The first kappa shape index (κ1) is 27.8. The van der Waals surface area contributed by atoms with Crippen molar-refractivity contribution in [3.05, 3.63) is 54.1 Å². The molecular formula is C20H21N2O12P3. The van der Waals surface area contributed by atoms with Gasteiger partial charge in [-0.3, -0.25) is 4.52 Å². The van der Waals surface area contributed by atoms with Crippen LogP contribution in [0.1, 0.15) is 18.2 Å². The van der Waals surface area contributed by atoms with Gasteiger partial charge < -0.3 is 34.0 Å². The SMILES string of the molecule is N#C/C=C/c1ccc2c(c1)c1ccccc1n2[C@H]1C[C@H](O)[C@@H](COP(=O)(O)OP(=O)(O)OP(=O)(O)O)O1. The summed E-state index contributed by atoms with van der Waals surface area (Å²) in [4.78, 5) is 36.2. The molecule has 0 aliphatic carbocycles. The summed E-state index contributed by atoms with van der Waals surface area (Å²) in [6.45, 7) is -0.762. The number of aliphatic hydroxyl groups excluding tert-OH is 1. The van der Waals surface area contributed by atoms with E-state index in [0.29, 0.717) is 0 Å². The zero-order valence-corrected chi connectivity index (χ0v) is 21.4. The van der Waals surface area contributed by atoms with Crippen LogP contribution in [0.25, 0.3) is 27.9 Å². The van der Waals surface area contributed by atoms with E-state index in [1.165, 1.54) is 6.08 Å². The number of phosphoric acid groups is 3. The first-order valence-electron chi connectivity index (χ1n) is 10.5. The molecule has 37 heavy (non-hydrogen) atoms. The summed E-state index contributed by atoms with van der Waals surface area (Å²) in [6.07, 6.45) is 0.0238. The Labute approximate surface area is 209 Å². The molecule has 0 saturated carbocycles. The second-order valence-electron chi connectivity index (χ2n) is 7.95. The number of nitrogens with zero attached hydrogens (tertiary/aromatic N) is 2. The van der Waals surface area contributed by atoms with Crippen LogP contribution in [0.5, 0.6) is 0 Å². The molecule has 198 valence electrons. The Kier molecular flexibility index (Phi) is 7.91. The van der Waals surface area contributed by atoms with Crippen molar-refractivity contribution in [3.8, 4) is 6.07 Å². The quantitative estimate of drug-likeness (QED) is 0.183. The number of ether oxygens (including phenoxy) is 1. The van der Waals surface area contributed by atoms with Gasteiger partial charge in [0.05, 0.1) is 29.8 Å². The van der Waals surface area contributed by atoms with Gasteiger partial charge in [-0.1, -0.05) is 24.3 Å². The van der Waals surface area contributed by atoms with E-state index in [4.69, 9.17) is 19.8 Å². The van der Waals surface area contributed by atoms with Crippen LogP contribution in [-0.4, -0.2) is 48.1 Å². The van der Waals surface area contributed by atoms with E-state index in [9.17, 15) is 28.6 Å². The topological polar surface area (TPSA) is 218 Å². The van der Waals surface area contributed by atoms with Crippen LogP contribution >= 0.6 is 23.5 Å². The van der Waals surface area contributed by atoms with E-state index in [2.05, 4.69) is 13.1 Å². The molecule has 17 heteroatoms. The van der Waals surface area contributed by atoms with E-state index >= 15 is 0 Å². The molecule has 2 heterocycles. The second-order valence-corrected chi connectivity index (χ2v) is 12.4. The van der Waals surface area contributed by atoms with Crippen molar-refractivity contribution in [2.45, 2.75) is 24.9 Å². The van der Waals surface area contributed by atoms with Crippen molar-refractivity contribution in [3.63, 3.8) is 0 Å². The molecule has 5 atom stereocenters. The molecule has 5 N–H and O–H groups in total. The van der Waals surface area contributed by atoms with Crippen molar-refractivity contribution < 1.29 is 56.3 Å². The predicted molar refractivity (Wildman–Crippen MR) is 128 cm³/mol. The Morgan fingerprint density at radius 1 is 1.03 bits per heavy atom. The maximum atomic E-state index is 12.0. The Balaban J connectivity index is 1.55. The highest BCUT2D eigenvalue weighted by Gasteiger charge is 2.43. The number of phosphoric ester groups is 1. The lowest BCUT2D eigenvalue weighted by Gasteiger charge is -2.20. The Bertz CT molecular complexity index is 1540. The lowest BCUT2D eigenvalue weighted by Crippen LogP contribution is -2.26. The van der Waals surface area contributed by atoms with Crippen LogP contribution in [0, 0.1) is 11.3 Å². The molecule has 4 rings (SSSR count). The fraction of sp³-hybridized carbons (Fsp3) is 0.250. The van der Waals surface area contributed by atoms with Gasteiger partial charge in [0.2, 0.25) is 0 Å². The summed E-state index contributed by atoms with van der Waals surface area (Å²) in [5, 5.41) is 21.1. The molecule has 0 bridgehead atoms. The van der Waals surface area contributed by atoms with E-state index in [1.54, 1.807) is 6.08 Å². The van der Waals surface area contributed by atoms with E-state index in [-0.39, 0.29) is 6.42 Å². The third-order valence-electron chi connectivity index (χ3n) is 5.39. The van der Waals surface area contributed by atoms with Gasteiger partial charge in [-0.05, 0) is 29.8 Å². The molecule has 2 unspecified atom stereocenters. The Morgan fingerprint density at radius 3 is 2.43 bits per heavy atom. The van der Waals surface area contributed by atoms with Crippen LogP contribution < -0.4 is 0 Å². The Morgan fingerprint density at radius 2 is 1.73 bits per heavy atom. The zero-order chi connectivity index (χ0) is 27.0. The predicted octanol–water partition coefficient (Wildman–Crippen LogP) is 3.32. The summed E-state index contributed by atoms with van der Waals surface area (Å²) in [5.41, 5.74) is 2.35. The maximum Gasteiger partial charge on any atom is 0.490 e. The van der Waals surface area contributed by atoms with E-state index < -0.39 is 48.5 Å². The molecule has 1 aliphatic heterocycles. The Hall–Kier alpha value is -2.20. The lowest BCUT2D eigenvalue weighted by molar-refractivity contribution is -0.0407. The number of hydrogen-bond donors (Lipinski definition) is 5. The average molecular weight is 574 g/mol. The van der Waals surface area contributed by atoms with Gasteiger partial charge in [0.15, 0.2) is 0 Å². The molecule has 1 aromatic heterocycles. The van der Waals surface area contributed by atoms with Crippen molar-refractivity contribution in [2.75, 3.05) is 6.61 Å². The van der Waals surface area contributed by atoms with Crippen molar-refractivity contribution in [1.82, 2.24) is 4.57 Å². The van der Waals surface area contributed by atoms with Gasteiger partial charge in [-0.25, -0.2) is 13.7 Å². The summed E-state index contributed by atoms with van der Waals surface area (Å²) >= 11 is 0. The molecule has 0 radical (unpaired) electrons. The maximum absolute atomic E-state index is 12.0. The number of allylic oxidation sites excluding steroid dienone is 1. The van der Waals surface area contributed by atoms with Crippen LogP contribution in [-0.2, 0) is 31.6 Å². The number of nitriles is 1. The molecule has 0 spiro atoms. The number of hydrogen-bond acceptors (Lipinski definition) is 9. The van der Waals surface area contributed by atoms with Crippen LogP contribution in [0.2, 0.25) is 0 Å². The minimum Gasteiger partial charge on any atom is -0.390 e. The highest BCUT2D eigenvalue weighted by molar-refractivity contribution is 7.66. The lowest BCUT2D eigenvalue weighted by atomic mass is 10.1. The van der Waals surface area contributed by atoms with E-state index in [1.807, 2.05) is 53.1 Å². The van der Waals surface area contributed by atoms with Gasteiger partial charge >= 0.3 is 23.5 Å². The summed E-state index contributed by atoms with van der Waals surface area (Å²) in [7, 11) is -16.5. The van der Waals surface area contributed by atoms with Crippen LogP contribution in [0.3, 0.4) is 0 Å². The molecule has 2 aromatic carbocycles. The number of benzene rings is 2. The summed E-state index contributed by atoms with van der Waals surface area (Å²) in [5.74, 6) is 0. The van der Waals surface area contributed by atoms with Gasteiger partial charge in [0.1, 0.15) is 12.3 Å². The number of rotatable bonds is 9. The standard InChI is InChI=1S/C20H21N2O12P3/c21-9-3-4-13-7-8-17-15(10-13)14-5-1-2-6-16(14)22(17)20-11-18(23)19(32-20)12-31-36(27,28)34-37(29,30)33-35(24,25)26/h1-8,10,18-20,23H,11-12H2,(H,27,28)(H,29,30)(H2,24,25,26)/b4-3+/t18-,19+,20+/m0/s1. The molecular weight excluding hydrogens is 553 g/mol. The van der Waals surface area contributed by atoms with Gasteiger partial charge in [-0.15, -0.1) is 0 Å². The van der Waals surface area contributed by atoms with Crippen LogP contribution in [0.15, 0.2) is 48.5 Å². The van der Waals surface area contributed by atoms with Crippen molar-refractivity contribution in [1.29, 1.82) is 5.26 Å². The third kappa shape index (κ3) is 6.63. The third-order valence-corrected chi connectivity index (χ3v) is 9.20. The number of fused-ring (bicyclic) bond motifs is 3. The smallest absolute Gasteiger partial charge is 0.390 e. The van der Waals surface area contributed by atoms with Crippen molar-refractivity contribution >= 4 is 51.3 Å². The normalized spacial score (nSPS) is 23.8. The fourth-order valence-corrected chi connectivity index (χ4v) is 7.09. The number of aliphatic hydroxyl groups is 1. The first-order chi connectivity index (χ1) is 17.3. The monoisotopic (exact) mass is 574 g/mol. The highest BCUT2D eigenvalue weighted by atomic mass is 31.3. The minimum atomic E-state index is -5.66.